The van der Waals surface area contributed by atoms with Crippen LogP contribution in [0.5, 0.6) is 5.75 Å². The van der Waals surface area contributed by atoms with Crippen molar-refractivity contribution in [3.8, 4) is 5.75 Å². The zero-order valence-corrected chi connectivity index (χ0v) is 20.3. The van der Waals surface area contributed by atoms with Crippen LogP contribution in [0.15, 0.2) is 72.8 Å². The summed E-state index contributed by atoms with van der Waals surface area (Å²) in [5.74, 6) is -0.949. The van der Waals surface area contributed by atoms with Crippen LogP contribution in [-0.2, 0) is 11.0 Å². The van der Waals surface area contributed by atoms with E-state index in [2.05, 4.69) is 0 Å². The van der Waals surface area contributed by atoms with E-state index in [4.69, 9.17) is 4.74 Å². The van der Waals surface area contributed by atoms with Crippen LogP contribution in [-0.4, -0.2) is 25.0 Å². The molecule has 5 nitrogen and oxygen atoms in total. The molecule has 1 heterocycles. The summed E-state index contributed by atoms with van der Waals surface area (Å²) in [5, 5.41) is 0. The number of fused-ring (bicyclic) bond motifs is 1. The number of carbonyl (C=O) groups excluding carboxylic acids is 2. The van der Waals surface area contributed by atoms with Crippen LogP contribution in [0, 0.1) is 0 Å². The van der Waals surface area contributed by atoms with Crippen molar-refractivity contribution in [1.29, 1.82) is 0 Å². The summed E-state index contributed by atoms with van der Waals surface area (Å²) in [5.41, 5.74) is 0.990. The fraction of sp³-hybridized carbons (Fsp3) is 0.286. The van der Waals surface area contributed by atoms with Gasteiger partial charge in [-0.1, -0.05) is 43.3 Å². The first-order valence-electron chi connectivity index (χ1n) is 11.7. The first kappa shape index (κ1) is 25.3. The van der Waals surface area contributed by atoms with Gasteiger partial charge in [-0.15, -0.1) is 0 Å². The van der Waals surface area contributed by atoms with E-state index in [0.29, 0.717) is 18.5 Å². The molecule has 0 N–H and O–H groups in total. The zero-order valence-electron chi connectivity index (χ0n) is 20.3. The fourth-order valence-electron chi connectivity index (χ4n) is 4.79. The largest absolute Gasteiger partial charge is 0.496 e. The van der Waals surface area contributed by atoms with E-state index in [1.54, 1.807) is 24.0 Å². The Morgan fingerprint density at radius 1 is 1.03 bits per heavy atom. The molecule has 0 aromatic heterocycles. The van der Waals surface area contributed by atoms with E-state index in [1.807, 2.05) is 49.4 Å². The van der Waals surface area contributed by atoms with E-state index < -0.39 is 17.6 Å². The van der Waals surface area contributed by atoms with Crippen LogP contribution in [0.25, 0.3) is 0 Å². The molecule has 36 heavy (non-hydrogen) atoms. The monoisotopic (exact) mass is 496 g/mol. The van der Waals surface area contributed by atoms with Gasteiger partial charge in [0.1, 0.15) is 5.75 Å². The van der Waals surface area contributed by atoms with Gasteiger partial charge in [-0.05, 0) is 55.3 Å². The second-order valence-electron chi connectivity index (χ2n) is 8.70. The highest BCUT2D eigenvalue weighted by Crippen LogP contribution is 2.43. The molecular weight excluding hydrogens is 469 g/mol. The smallest absolute Gasteiger partial charge is 0.419 e. The number of ether oxygens (including phenoxy) is 1. The highest BCUT2D eigenvalue weighted by molar-refractivity contribution is 6.08. The van der Waals surface area contributed by atoms with E-state index in [9.17, 15) is 22.8 Å². The van der Waals surface area contributed by atoms with Crippen LogP contribution < -0.4 is 14.5 Å². The molecule has 0 bridgehead atoms. The minimum atomic E-state index is -4.67. The zero-order chi connectivity index (χ0) is 26.0. The van der Waals surface area contributed by atoms with Crippen molar-refractivity contribution < 1.29 is 27.5 Å². The average Bonchev–Trinajstić information content (AvgIpc) is 2.88. The number of carbonyl (C=O) groups is 2. The molecule has 1 aliphatic rings. The lowest BCUT2D eigenvalue weighted by Crippen LogP contribution is -2.47. The average molecular weight is 497 g/mol. The molecule has 2 amide bonds. The third kappa shape index (κ3) is 4.67. The van der Waals surface area contributed by atoms with Crippen molar-refractivity contribution in [3.05, 3.63) is 89.5 Å². The summed E-state index contributed by atoms with van der Waals surface area (Å²) in [6, 6.07) is 19.2. The summed E-state index contributed by atoms with van der Waals surface area (Å²) in [7, 11) is 1.16. The number of nitrogens with zero attached hydrogens (tertiary/aromatic N) is 2. The van der Waals surface area contributed by atoms with Crippen molar-refractivity contribution in [3.63, 3.8) is 0 Å². The lowest BCUT2D eigenvalue weighted by atomic mass is 9.89. The molecule has 4 rings (SSSR count). The number of anilines is 2. The Labute approximate surface area is 208 Å². The van der Waals surface area contributed by atoms with Gasteiger partial charge in [0.05, 0.1) is 18.7 Å². The van der Waals surface area contributed by atoms with Gasteiger partial charge in [-0.25, -0.2) is 0 Å². The highest BCUT2D eigenvalue weighted by Gasteiger charge is 2.40. The number of benzene rings is 3. The molecule has 188 valence electrons. The van der Waals surface area contributed by atoms with Crippen LogP contribution in [0.1, 0.15) is 54.2 Å². The number of methoxy groups -OCH3 is 1. The lowest BCUT2D eigenvalue weighted by Gasteiger charge is -2.43. The lowest BCUT2D eigenvalue weighted by molar-refractivity contribution is -0.138. The predicted octanol–water partition coefficient (Wildman–Crippen LogP) is 6.64. The number of rotatable bonds is 5. The van der Waals surface area contributed by atoms with Gasteiger partial charge in [0.15, 0.2) is 0 Å². The quantitative estimate of drug-likeness (QED) is 0.398. The molecule has 3 aromatic carbocycles. The predicted molar refractivity (Wildman–Crippen MR) is 132 cm³/mol. The Morgan fingerprint density at radius 3 is 2.33 bits per heavy atom. The number of para-hydroxylation sites is 2. The van der Waals surface area contributed by atoms with Crippen molar-refractivity contribution in [1.82, 2.24) is 0 Å². The molecular formula is C28H27F3N2O3. The maximum atomic E-state index is 13.6. The minimum absolute atomic E-state index is 0.0575. The number of hydrogen-bond donors (Lipinski definition) is 0. The minimum Gasteiger partial charge on any atom is -0.496 e. The standard InChI is InChI=1S/C28H27F3N2O3/c1-4-26(34)33(20-10-6-5-7-11-20)24-16-18(2)32(23-13-9-8-12-21(23)24)27(35)19-14-15-25(36-3)22(17-19)28(29,30)31/h5-15,17-18,24H,4,16H2,1-3H3. The van der Waals surface area contributed by atoms with E-state index in [0.717, 1.165) is 30.5 Å². The summed E-state index contributed by atoms with van der Waals surface area (Å²) < 4.78 is 45.7. The van der Waals surface area contributed by atoms with Crippen LogP contribution in [0.4, 0.5) is 24.5 Å². The first-order chi connectivity index (χ1) is 17.2. The molecule has 0 spiro atoms. The number of amides is 2. The van der Waals surface area contributed by atoms with Gasteiger partial charge >= 0.3 is 6.18 Å². The van der Waals surface area contributed by atoms with Gasteiger partial charge in [0, 0.05) is 29.4 Å². The molecule has 0 radical (unpaired) electrons. The van der Waals surface area contributed by atoms with Crippen molar-refractivity contribution in [2.45, 2.75) is 44.9 Å². The van der Waals surface area contributed by atoms with Gasteiger partial charge in [0.2, 0.25) is 5.91 Å². The Bertz CT molecular complexity index is 1260. The fourth-order valence-corrected chi connectivity index (χ4v) is 4.79. The molecule has 1 aliphatic heterocycles. The molecule has 0 saturated heterocycles. The number of hydrogen-bond acceptors (Lipinski definition) is 3. The maximum Gasteiger partial charge on any atom is 0.419 e. The van der Waals surface area contributed by atoms with Crippen molar-refractivity contribution in [2.75, 3.05) is 16.9 Å². The first-order valence-corrected chi connectivity index (χ1v) is 11.7. The Hall–Kier alpha value is -3.81. The molecule has 0 fully saturated rings. The number of alkyl halides is 3. The molecule has 8 heteroatoms. The van der Waals surface area contributed by atoms with E-state index in [-0.39, 0.29) is 29.3 Å². The Morgan fingerprint density at radius 2 is 1.69 bits per heavy atom. The maximum absolute atomic E-state index is 13.6. The normalized spacial score (nSPS) is 17.3. The Balaban J connectivity index is 1.78. The van der Waals surface area contributed by atoms with Gasteiger partial charge in [-0.2, -0.15) is 13.2 Å². The number of halogens is 3. The second kappa shape index (κ2) is 10.0. The molecule has 3 aromatic rings. The highest BCUT2D eigenvalue weighted by atomic mass is 19.4. The Kier molecular flexibility index (Phi) is 7.06. The van der Waals surface area contributed by atoms with Crippen LogP contribution in [0.2, 0.25) is 0 Å². The van der Waals surface area contributed by atoms with Crippen molar-refractivity contribution in [2.24, 2.45) is 0 Å². The topological polar surface area (TPSA) is 49.9 Å². The van der Waals surface area contributed by atoms with Crippen LogP contribution >= 0.6 is 0 Å². The van der Waals surface area contributed by atoms with Gasteiger partial charge < -0.3 is 14.5 Å². The second-order valence-corrected chi connectivity index (χ2v) is 8.70. The third-order valence-electron chi connectivity index (χ3n) is 6.45. The summed E-state index contributed by atoms with van der Waals surface area (Å²) >= 11 is 0. The molecule has 2 atom stereocenters. The van der Waals surface area contributed by atoms with E-state index in [1.165, 1.54) is 11.0 Å². The third-order valence-corrected chi connectivity index (χ3v) is 6.45. The van der Waals surface area contributed by atoms with E-state index >= 15 is 0 Å². The summed E-state index contributed by atoms with van der Waals surface area (Å²) in [6.07, 6.45) is -3.95. The summed E-state index contributed by atoms with van der Waals surface area (Å²) in [4.78, 5) is 30.0. The van der Waals surface area contributed by atoms with Gasteiger partial charge in [-0.3, -0.25) is 9.59 Å². The van der Waals surface area contributed by atoms with Gasteiger partial charge in [0.25, 0.3) is 5.91 Å². The van der Waals surface area contributed by atoms with Crippen LogP contribution in [0.3, 0.4) is 0 Å². The molecule has 0 aliphatic carbocycles. The molecule has 2 unspecified atom stereocenters. The SMILES string of the molecule is CCC(=O)N(c1ccccc1)C1CC(C)N(C(=O)c2ccc(OC)c(C(F)(F)F)c2)c2ccccc21. The van der Waals surface area contributed by atoms with Crippen molar-refractivity contribution >= 4 is 23.2 Å². The summed E-state index contributed by atoms with van der Waals surface area (Å²) in [6.45, 7) is 3.64. The molecule has 0 saturated carbocycles.